The molecule has 1 saturated heterocycles. The Morgan fingerprint density at radius 2 is 2.14 bits per heavy atom. The molecule has 1 aliphatic rings. The van der Waals surface area contributed by atoms with Crippen LogP contribution < -0.4 is 15.4 Å². The van der Waals surface area contributed by atoms with Crippen molar-refractivity contribution in [3.63, 3.8) is 0 Å². The van der Waals surface area contributed by atoms with Crippen LogP contribution in [0.25, 0.3) is 0 Å². The maximum Gasteiger partial charge on any atom is 0.241 e. The molecule has 2 rings (SSSR count). The fraction of sp³-hybridized carbons (Fsp3) is 0.500. The molecule has 4 N–H and O–H groups in total. The molecule has 7 nitrogen and oxygen atoms in total. The summed E-state index contributed by atoms with van der Waals surface area (Å²) < 4.78 is 26.0. The van der Waals surface area contributed by atoms with Crippen molar-refractivity contribution in [1.82, 2.24) is 5.32 Å². The Hall–Kier alpha value is -1.64. The van der Waals surface area contributed by atoms with E-state index in [1.807, 2.05) is 0 Å². The molecule has 0 radical (unpaired) electrons. The number of sulfonamides is 1. The van der Waals surface area contributed by atoms with Crippen LogP contribution in [0.2, 0.25) is 0 Å². The SMILES string of the molecule is CCCS(=O)(=O)Nc1cccc(NC(=O)C2CC(O)CN2)c1. The molecule has 1 heterocycles. The van der Waals surface area contributed by atoms with Crippen LogP contribution in [0.4, 0.5) is 11.4 Å². The van der Waals surface area contributed by atoms with E-state index in [1.54, 1.807) is 31.2 Å². The van der Waals surface area contributed by atoms with E-state index in [1.165, 1.54) is 0 Å². The summed E-state index contributed by atoms with van der Waals surface area (Å²) in [6.07, 6.45) is 0.388. The average Bonchev–Trinajstić information content (AvgIpc) is 2.85. The van der Waals surface area contributed by atoms with E-state index in [0.29, 0.717) is 30.8 Å². The van der Waals surface area contributed by atoms with Crippen molar-refractivity contribution < 1.29 is 18.3 Å². The Bertz CT molecular complexity index is 633. The van der Waals surface area contributed by atoms with E-state index >= 15 is 0 Å². The molecule has 2 atom stereocenters. The van der Waals surface area contributed by atoms with Gasteiger partial charge in [0.2, 0.25) is 15.9 Å². The van der Waals surface area contributed by atoms with Gasteiger partial charge in [0.15, 0.2) is 0 Å². The van der Waals surface area contributed by atoms with Gasteiger partial charge in [-0.25, -0.2) is 8.42 Å². The molecule has 8 heteroatoms. The standard InChI is InChI=1S/C14H21N3O4S/c1-2-6-22(20,21)17-11-5-3-4-10(7-11)16-14(19)13-8-12(18)9-15-13/h3-5,7,12-13,15,17-18H,2,6,8-9H2,1H3,(H,16,19). The number of benzene rings is 1. The topological polar surface area (TPSA) is 108 Å². The van der Waals surface area contributed by atoms with Crippen molar-refractivity contribution in [1.29, 1.82) is 0 Å². The van der Waals surface area contributed by atoms with Crippen LogP contribution in [0.15, 0.2) is 24.3 Å². The maximum absolute atomic E-state index is 12.0. The number of anilines is 2. The van der Waals surface area contributed by atoms with Gasteiger partial charge in [0.1, 0.15) is 0 Å². The number of rotatable bonds is 6. The Morgan fingerprint density at radius 3 is 2.77 bits per heavy atom. The minimum Gasteiger partial charge on any atom is -0.392 e. The number of β-amino-alcohol motifs (C(OH)–C–C–N with tert-alkyl or cyclic N) is 1. The normalized spacial score (nSPS) is 21.5. The number of hydrogen-bond acceptors (Lipinski definition) is 5. The molecule has 22 heavy (non-hydrogen) atoms. The highest BCUT2D eigenvalue weighted by Crippen LogP contribution is 2.18. The molecule has 0 saturated carbocycles. The number of carbonyl (C=O) groups excluding carboxylic acids is 1. The lowest BCUT2D eigenvalue weighted by Gasteiger charge is -2.12. The van der Waals surface area contributed by atoms with E-state index in [4.69, 9.17) is 0 Å². The second-order valence-corrected chi connectivity index (χ2v) is 7.18. The van der Waals surface area contributed by atoms with Crippen molar-refractivity contribution in [3.05, 3.63) is 24.3 Å². The first-order valence-corrected chi connectivity index (χ1v) is 8.87. The lowest BCUT2D eigenvalue weighted by molar-refractivity contribution is -0.117. The summed E-state index contributed by atoms with van der Waals surface area (Å²) in [6.45, 7) is 2.19. The largest absolute Gasteiger partial charge is 0.392 e. The van der Waals surface area contributed by atoms with Crippen molar-refractivity contribution in [2.75, 3.05) is 22.3 Å². The third-order valence-corrected chi connectivity index (χ3v) is 4.79. The quantitative estimate of drug-likeness (QED) is 0.608. The summed E-state index contributed by atoms with van der Waals surface area (Å²) in [6, 6.07) is 6.10. The van der Waals surface area contributed by atoms with Gasteiger partial charge in [-0.3, -0.25) is 9.52 Å². The van der Waals surface area contributed by atoms with Crippen molar-refractivity contribution in [3.8, 4) is 0 Å². The molecule has 2 unspecified atom stereocenters. The third-order valence-electron chi connectivity index (χ3n) is 3.30. The zero-order valence-electron chi connectivity index (χ0n) is 12.4. The Kier molecular flexibility index (Phi) is 5.38. The van der Waals surface area contributed by atoms with Crippen molar-refractivity contribution >= 4 is 27.3 Å². The van der Waals surface area contributed by atoms with Gasteiger partial charge in [-0.2, -0.15) is 0 Å². The summed E-state index contributed by atoms with van der Waals surface area (Å²) in [5, 5.41) is 15.1. The fourth-order valence-corrected chi connectivity index (χ4v) is 3.43. The maximum atomic E-state index is 12.0. The smallest absolute Gasteiger partial charge is 0.241 e. The van der Waals surface area contributed by atoms with Gasteiger partial charge in [-0.05, 0) is 31.0 Å². The molecule has 1 aromatic carbocycles. The van der Waals surface area contributed by atoms with Gasteiger partial charge in [0.05, 0.1) is 23.6 Å². The summed E-state index contributed by atoms with van der Waals surface area (Å²) in [4.78, 5) is 12.0. The van der Waals surface area contributed by atoms with Gasteiger partial charge in [-0.15, -0.1) is 0 Å². The molecule has 0 aliphatic carbocycles. The first-order chi connectivity index (χ1) is 10.4. The van der Waals surface area contributed by atoms with Gasteiger partial charge in [0, 0.05) is 12.2 Å². The van der Waals surface area contributed by atoms with E-state index in [-0.39, 0.29) is 11.7 Å². The number of nitrogens with one attached hydrogen (secondary N) is 3. The molecular formula is C14H21N3O4S. The first kappa shape index (κ1) is 16.7. The molecule has 1 aliphatic heterocycles. The van der Waals surface area contributed by atoms with Crippen LogP contribution in [-0.2, 0) is 14.8 Å². The van der Waals surface area contributed by atoms with Gasteiger partial charge in [-0.1, -0.05) is 13.0 Å². The second kappa shape index (κ2) is 7.08. The van der Waals surface area contributed by atoms with Crippen LogP contribution in [-0.4, -0.2) is 43.9 Å². The first-order valence-electron chi connectivity index (χ1n) is 7.22. The van der Waals surface area contributed by atoms with E-state index in [0.717, 1.165) is 0 Å². The summed E-state index contributed by atoms with van der Waals surface area (Å²) in [5.41, 5.74) is 0.913. The zero-order valence-corrected chi connectivity index (χ0v) is 13.2. The Balaban J connectivity index is 2.01. The van der Waals surface area contributed by atoms with Gasteiger partial charge < -0.3 is 15.7 Å². The van der Waals surface area contributed by atoms with E-state index in [2.05, 4.69) is 15.4 Å². The third kappa shape index (κ3) is 4.69. The Labute approximate surface area is 130 Å². The predicted octanol–water partition coefficient (Wildman–Crippen LogP) is 0.500. The van der Waals surface area contributed by atoms with Crippen LogP contribution >= 0.6 is 0 Å². The molecule has 1 aromatic rings. The van der Waals surface area contributed by atoms with E-state index in [9.17, 15) is 18.3 Å². The van der Waals surface area contributed by atoms with Crippen molar-refractivity contribution in [2.24, 2.45) is 0 Å². The van der Waals surface area contributed by atoms with Gasteiger partial charge >= 0.3 is 0 Å². The highest BCUT2D eigenvalue weighted by atomic mass is 32.2. The van der Waals surface area contributed by atoms with Crippen molar-refractivity contribution in [2.45, 2.75) is 31.9 Å². The lowest BCUT2D eigenvalue weighted by Crippen LogP contribution is -2.35. The summed E-state index contributed by atoms with van der Waals surface area (Å²) in [5.74, 6) is -0.196. The molecular weight excluding hydrogens is 306 g/mol. The number of aliphatic hydroxyl groups is 1. The fourth-order valence-electron chi connectivity index (χ4n) is 2.31. The summed E-state index contributed by atoms with van der Waals surface area (Å²) >= 11 is 0. The molecule has 122 valence electrons. The minimum atomic E-state index is -3.36. The summed E-state index contributed by atoms with van der Waals surface area (Å²) in [7, 11) is -3.36. The second-order valence-electron chi connectivity index (χ2n) is 5.34. The highest BCUT2D eigenvalue weighted by molar-refractivity contribution is 7.92. The van der Waals surface area contributed by atoms with E-state index < -0.39 is 22.2 Å². The highest BCUT2D eigenvalue weighted by Gasteiger charge is 2.27. The molecule has 0 aromatic heterocycles. The van der Waals surface area contributed by atoms with Crippen LogP contribution in [0, 0.1) is 0 Å². The molecule has 1 fully saturated rings. The van der Waals surface area contributed by atoms with Crippen LogP contribution in [0.3, 0.4) is 0 Å². The molecule has 1 amide bonds. The molecule has 0 bridgehead atoms. The molecule has 0 spiro atoms. The lowest BCUT2D eigenvalue weighted by atomic mass is 10.2. The number of amides is 1. The predicted molar refractivity (Wildman–Crippen MR) is 85.2 cm³/mol. The Morgan fingerprint density at radius 1 is 1.41 bits per heavy atom. The van der Waals surface area contributed by atoms with Crippen LogP contribution in [0.5, 0.6) is 0 Å². The zero-order chi connectivity index (χ0) is 16.2. The monoisotopic (exact) mass is 327 g/mol. The van der Waals surface area contributed by atoms with Gasteiger partial charge in [0.25, 0.3) is 0 Å². The average molecular weight is 327 g/mol. The number of hydrogen-bond donors (Lipinski definition) is 4. The number of aliphatic hydroxyl groups excluding tert-OH is 1. The van der Waals surface area contributed by atoms with Crippen LogP contribution in [0.1, 0.15) is 19.8 Å². The minimum absolute atomic E-state index is 0.0491. The number of carbonyl (C=O) groups is 1.